The van der Waals surface area contributed by atoms with Crippen molar-refractivity contribution in [2.75, 3.05) is 19.7 Å². The normalized spacial score (nSPS) is 16.9. The van der Waals surface area contributed by atoms with Crippen LogP contribution in [-0.2, 0) is 4.79 Å². The molecule has 1 atom stereocenters. The largest absolute Gasteiger partial charge is 0.494 e. The Balaban J connectivity index is 2.00. The van der Waals surface area contributed by atoms with Gasteiger partial charge in [-0.25, -0.2) is 0 Å². The third kappa shape index (κ3) is 4.71. The molecular weight excluding hydrogens is 406 g/mol. The molecule has 3 rings (SSSR count). The molecule has 0 spiro atoms. The predicted molar refractivity (Wildman–Crippen MR) is 110 cm³/mol. The van der Waals surface area contributed by atoms with Gasteiger partial charge in [-0.1, -0.05) is 45.8 Å². The van der Waals surface area contributed by atoms with E-state index in [9.17, 15) is 9.90 Å². The van der Waals surface area contributed by atoms with Crippen LogP contribution in [0.3, 0.4) is 0 Å². The van der Waals surface area contributed by atoms with Crippen molar-refractivity contribution in [2.45, 2.75) is 32.7 Å². The number of likely N-dealkylation sites (tertiary alicyclic amines) is 1. The molecular formula is C22H26BrNO3. The van der Waals surface area contributed by atoms with Crippen molar-refractivity contribution in [2.24, 2.45) is 5.92 Å². The summed E-state index contributed by atoms with van der Waals surface area (Å²) < 4.78 is 6.94. The van der Waals surface area contributed by atoms with Crippen LogP contribution in [0.2, 0.25) is 0 Å². The van der Waals surface area contributed by atoms with Crippen molar-refractivity contribution in [3.8, 4) is 5.75 Å². The van der Waals surface area contributed by atoms with Crippen LogP contribution < -0.4 is 4.74 Å². The number of aryl methyl sites for hydroxylation is 1. The molecule has 1 aliphatic heterocycles. The molecule has 2 aromatic carbocycles. The maximum atomic E-state index is 11.3. The standard InChI is InChI=1S/C22H26BrNO3/c1-3-27-20-9-8-18(23)14-19(20)21(16-6-4-15(2)5-7-16)24-12-10-17(11-13-24)22(25)26/h4-9,14,17,21H,3,10-13H2,1-2H3,(H,25,26). The van der Waals surface area contributed by atoms with E-state index < -0.39 is 5.97 Å². The SMILES string of the molecule is CCOc1ccc(Br)cc1C(c1ccc(C)cc1)N1CCC(C(=O)O)CC1. The summed E-state index contributed by atoms with van der Waals surface area (Å²) >= 11 is 3.60. The number of rotatable bonds is 6. The van der Waals surface area contributed by atoms with E-state index in [4.69, 9.17) is 4.74 Å². The average molecular weight is 432 g/mol. The topological polar surface area (TPSA) is 49.8 Å². The Labute approximate surface area is 169 Å². The molecule has 1 N–H and O–H groups in total. The molecule has 1 fully saturated rings. The summed E-state index contributed by atoms with van der Waals surface area (Å²) in [6.07, 6.45) is 1.35. The highest BCUT2D eigenvalue weighted by Crippen LogP contribution is 2.38. The zero-order valence-corrected chi connectivity index (χ0v) is 17.4. The van der Waals surface area contributed by atoms with Crippen molar-refractivity contribution >= 4 is 21.9 Å². The fourth-order valence-electron chi connectivity index (χ4n) is 3.76. The van der Waals surface area contributed by atoms with Crippen molar-refractivity contribution in [3.05, 3.63) is 63.6 Å². The summed E-state index contributed by atoms with van der Waals surface area (Å²) in [6, 6.07) is 14.8. The molecule has 144 valence electrons. The molecule has 0 radical (unpaired) electrons. The van der Waals surface area contributed by atoms with Crippen molar-refractivity contribution in [1.29, 1.82) is 0 Å². The van der Waals surface area contributed by atoms with Gasteiger partial charge < -0.3 is 9.84 Å². The Bertz CT molecular complexity index is 783. The molecule has 1 saturated heterocycles. The lowest BCUT2D eigenvalue weighted by atomic mass is 9.90. The Morgan fingerprint density at radius 2 is 1.89 bits per heavy atom. The van der Waals surface area contributed by atoms with Crippen LogP contribution >= 0.6 is 15.9 Å². The molecule has 4 nitrogen and oxygen atoms in total. The summed E-state index contributed by atoms with van der Waals surface area (Å²) in [6.45, 7) is 6.20. The highest BCUT2D eigenvalue weighted by atomic mass is 79.9. The van der Waals surface area contributed by atoms with Crippen LogP contribution in [0.25, 0.3) is 0 Å². The Morgan fingerprint density at radius 3 is 2.48 bits per heavy atom. The van der Waals surface area contributed by atoms with E-state index in [1.807, 2.05) is 19.1 Å². The second-order valence-electron chi connectivity index (χ2n) is 7.08. The van der Waals surface area contributed by atoms with E-state index >= 15 is 0 Å². The predicted octanol–water partition coefficient (Wildman–Crippen LogP) is 5.04. The number of aliphatic carboxylic acids is 1. The molecule has 27 heavy (non-hydrogen) atoms. The molecule has 1 heterocycles. The van der Waals surface area contributed by atoms with Gasteiger partial charge in [0.1, 0.15) is 5.75 Å². The first-order valence-corrected chi connectivity index (χ1v) is 10.2. The monoisotopic (exact) mass is 431 g/mol. The van der Waals surface area contributed by atoms with E-state index in [1.54, 1.807) is 0 Å². The number of hydrogen-bond acceptors (Lipinski definition) is 3. The fourth-order valence-corrected chi connectivity index (χ4v) is 4.14. The van der Waals surface area contributed by atoms with Crippen LogP contribution in [0.1, 0.15) is 42.5 Å². The van der Waals surface area contributed by atoms with Crippen LogP contribution in [0.15, 0.2) is 46.9 Å². The lowest BCUT2D eigenvalue weighted by Crippen LogP contribution is -2.39. The maximum absolute atomic E-state index is 11.3. The van der Waals surface area contributed by atoms with E-state index in [0.29, 0.717) is 19.4 Å². The van der Waals surface area contributed by atoms with Gasteiger partial charge >= 0.3 is 5.97 Å². The third-order valence-corrected chi connectivity index (χ3v) is 5.70. The first kappa shape index (κ1) is 19.9. The summed E-state index contributed by atoms with van der Waals surface area (Å²) in [7, 11) is 0. The minimum Gasteiger partial charge on any atom is -0.494 e. The van der Waals surface area contributed by atoms with Crippen LogP contribution in [-0.4, -0.2) is 35.7 Å². The zero-order valence-electron chi connectivity index (χ0n) is 15.8. The zero-order chi connectivity index (χ0) is 19.4. The summed E-state index contributed by atoms with van der Waals surface area (Å²) in [4.78, 5) is 13.7. The number of nitrogens with zero attached hydrogens (tertiary/aromatic N) is 1. The molecule has 0 amide bonds. The number of carboxylic acids is 1. The first-order chi connectivity index (χ1) is 13.0. The number of ether oxygens (including phenoxy) is 1. The molecule has 0 aromatic heterocycles. The lowest BCUT2D eigenvalue weighted by molar-refractivity contribution is -0.143. The van der Waals surface area contributed by atoms with Gasteiger partial charge in [0.2, 0.25) is 0 Å². The smallest absolute Gasteiger partial charge is 0.306 e. The number of carboxylic acid groups (broad SMARTS) is 1. The van der Waals surface area contributed by atoms with Gasteiger partial charge in [-0.15, -0.1) is 0 Å². The third-order valence-electron chi connectivity index (χ3n) is 5.20. The molecule has 0 bridgehead atoms. The highest BCUT2D eigenvalue weighted by Gasteiger charge is 2.31. The van der Waals surface area contributed by atoms with E-state index in [2.05, 4.69) is 58.1 Å². The van der Waals surface area contributed by atoms with Crippen molar-refractivity contribution in [3.63, 3.8) is 0 Å². The van der Waals surface area contributed by atoms with Gasteiger partial charge in [-0.3, -0.25) is 9.69 Å². The van der Waals surface area contributed by atoms with Gasteiger partial charge in [0.25, 0.3) is 0 Å². The van der Waals surface area contributed by atoms with Crippen molar-refractivity contribution < 1.29 is 14.6 Å². The minimum absolute atomic E-state index is 0.0411. The fraction of sp³-hybridized carbons (Fsp3) is 0.409. The molecule has 0 aliphatic carbocycles. The van der Waals surface area contributed by atoms with Gasteiger partial charge in [0, 0.05) is 10.0 Å². The maximum Gasteiger partial charge on any atom is 0.306 e. The highest BCUT2D eigenvalue weighted by molar-refractivity contribution is 9.10. The quantitative estimate of drug-likeness (QED) is 0.695. The van der Waals surface area contributed by atoms with Gasteiger partial charge in [0.05, 0.1) is 18.6 Å². The van der Waals surface area contributed by atoms with E-state index in [1.165, 1.54) is 11.1 Å². The minimum atomic E-state index is -0.681. The number of carbonyl (C=O) groups is 1. The van der Waals surface area contributed by atoms with Gasteiger partial charge in [0.15, 0.2) is 0 Å². The van der Waals surface area contributed by atoms with Crippen molar-refractivity contribution in [1.82, 2.24) is 4.90 Å². The number of piperidine rings is 1. The summed E-state index contributed by atoms with van der Waals surface area (Å²) in [5, 5.41) is 9.33. The van der Waals surface area contributed by atoms with E-state index in [0.717, 1.165) is 28.9 Å². The molecule has 1 unspecified atom stereocenters. The Morgan fingerprint density at radius 1 is 1.22 bits per heavy atom. The molecule has 2 aromatic rings. The average Bonchev–Trinajstić information content (AvgIpc) is 2.66. The van der Waals surface area contributed by atoms with Crippen LogP contribution in [0, 0.1) is 12.8 Å². The van der Waals surface area contributed by atoms with E-state index in [-0.39, 0.29) is 12.0 Å². The first-order valence-electron chi connectivity index (χ1n) is 9.45. The van der Waals surface area contributed by atoms with Gasteiger partial charge in [-0.05, 0) is 63.5 Å². The molecule has 0 saturated carbocycles. The second-order valence-corrected chi connectivity index (χ2v) is 7.99. The molecule has 5 heteroatoms. The summed E-state index contributed by atoms with van der Waals surface area (Å²) in [5.74, 6) is -0.0422. The van der Waals surface area contributed by atoms with Gasteiger partial charge in [-0.2, -0.15) is 0 Å². The second kappa shape index (κ2) is 8.89. The Kier molecular flexibility index (Phi) is 6.55. The lowest BCUT2D eigenvalue weighted by Gasteiger charge is -2.37. The van der Waals surface area contributed by atoms with Crippen LogP contribution in [0.5, 0.6) is 5.75 Å². The number of benzene rings is 2. The number of hydrogen-bond donors (Lipinski definition) is 1. The van der Waals surface area contributed by atoms with Crippen LogP contribution in [0.4, 0.5) is 0 Å². The summed E-state index contributed by atoms with van der Waals surface area (Å²) in [5.41, 5.74) is 3.54. The Hall–Kier alpha value is -1.85. The number of halogens is 1. The molecule has 1 aliphatic rings.